The van der Waals surface area contributed by atoms with Gasteiger partial charge in [-0.1, -0.05) is 0 Å². The third-order valence-corrected chi connectivity index (χ3v) is 4.02. The predicted molar refractivity (Wildman–Crippen MR) is 64.9 cm³/mol. The van der Waals surface area contributed by atoms with E-state index in [1.54, 1.807) is 6.07 Å². The highest BCUT2D eigenvalue weighted by Gasteiger charge is 2.30. The first-order valence-electron chi connectivity index (χ1n) is 5.65. The standard InChI is InChI=1S/C11H17N3O2S/c1-13-11(8-2-3-8)6-9-4-5-10(7-14-9)17(12,15)16/h4-5,7-8,11,13H,2-3,6H2,1H3,(H2,12,15,16). The van der Waals surface area contributed by atoms with Crippen LogP contribution in [0.4, 0.5) is 0 Å². The van der Waals surface area contributed by atoms with Gasteiger partial charge < -0.3 is 5.32 Å². The van der Waals surface area contributed by atoms with Gasteiger partial charge in [0.2, 0.25) is 10.0 Å². The summed E-state index contributed by atoms with van der Waals surface area (Å²) in [5.41, 5.74) is 0.892. The van der Waals surface area contributed by atoms with Gasteiger partial charge in [-0.15, -0.1) is 0 Å². The van der Waals surface area contributed by atoms with Crippen LogP contribution in [0.2, 0.25) is 0 Å². The maximum absolute atomic E-state index is 11.1. The monoisotopic (exact) mass is 255 g/mol. The van der Waals surface area contributed by atoms with Gasteiger partial charge in [0, 0.05) is 24.4 Å². The van der Waals surface area contributed by atoms with E-state index >= 15 is 0 Å². The molecule has 0 saturated heterocycles. The summed E-state index contributed by atoms with van der Waals surface area (Å²) in [4.78, 5) is 4.21. The molecule has 0 amide bonds. The Morgan fingerprint density at radius 3 is 2.65 bits per heavy atom. The lowest BCUT2D eigenvalue weighted by molar-refractivity contribution is 0.495. The highest BCUT2D eigenvalue weighted by molar-refractivity contribution is 7.89. The number of pyridine rings is 1. The molecule has 1 aromatic heterocycles. The van der Waals surface area contributed by atoms with Crippen LogP contribution in [0, 0.1) is 5.92 Å². The Bertz CT molecular complexity index is 480. The number of nitrogens with zero attached hydrogens (tertiary/aromatic N) is 1. The average Bonchev–Trinajstić information content (AvgIpc) is 3.09. The van der Waals surface area contributed by atoms with Gasteiger partial charge in [-0.3, -0.25) is 4.98 Å². The van der Waals surface area contributed by atoms with Crippen molar-refractivity contribution < 1.29 is 8.42 Å². The number of nitrogens with one attached hydrogen (secondary N) is 1. The molecule has 1 aromatic rings. The molecule has 0 spiro atoms. The molecule has 0 bridgehead atoms. The first-order valence-corrected chi connectivity index (χ1v) is 7.20. The van der Waals surface area contributed by atoms with E-state index in [1.165, 1.54) is 25.1 Å². The summed E-state index contributed by atoms with van der Waals surface area (Å²) < 4.78 is 22.1. The maximum Gasteiger partial charge on any atom is 0.239 e. The molecule has 0 radical (unpaired) electrons. The van der Waals surface area contributed by atoms with Crippen molar-refractivity contribution in [2.24, 2.45) is 11.1 Å². The number of hydrogen-bond donors (Lipinski definition) is 2. The quantitative estimate of drug-likeness (QED) is 0.791. The van der Waals surface area contributed by atoms with Crippen LogP contribution < -0.4 is 10.5 Å². The smallest absolute Gasteiger partial charge is 0.239 e. The van der Waals surface area contributed by atoms with Crippen LogP contribution in [0.15, 0.2) is 23.2 Å². The number of sulfonamides is 1. The fourth-order valence-corrected chi connectivity index (χ4v) is 2.39. The van der Waals surface area contributed by atoms with Gasteiger partial charge in [0.25, 0.3) is 0 Å². The summed E-state index contributed by atoms with van der Waals surface area (Å²) in [6.07, 6.45) is 4.68. The Morgan fingerprint density at radius 2 is 2.24 bits per heavy atom. The summed E-state index contributed by atoms with van der Waals surface area (Å²) in [7, 11) is -1.69. The largest absolute Gasteiger partial charge is 0.316 e. The molecule has 1 atom stereocenters. The summed E-state index contributed by atoms with van der Waals surface area (Å²) >= 11 is 0. The van der Waals surface area contributed by atoms with E-state index in [4.69, 9.17) is 5.14 Å². The Morgan fingerprint density at radius 1 is 1.53 bits per heavy atom. The number of aromatic nitrogens is 1. The molecule has 17 heavy (non-hydrogen) atoms. The van der Waals surface area contributed by atoms with Crippen molar-refractivity contribution in [2.75, 3.05) is 7.05 Å². The molecule has 1 aliphatic rings. The van der Waals surface area contributed by atoms with Crippen molar-refractivity contribution in [1.82, 2.24) is 10.3 Å². The van der Waals surface area contributed by atoms with E-state index in [1.807, 2.05) is 7.05 Å². The van der Waals surface area contributed by atoms with Crippen molar-refractivity contribution in [3.63, 3.8) is 0 Å². The van der Waals surface area contributed by atoms with Gasteiger partial charge >= 0.3 is 0 Å². The molecular formula is C11H17N3O2S. The molecule has 1 heterocycles. The zero-order valence-electron chi connectivity index (χ0n) is 9.76. The van der Waals surface area contributed by atoms with Crippen molar-refractivity contribution in [3.8, 4) is 0 Å². The van der Waals surface area contributed by atoms with Gasteiger partial charge in [-0.05, 0) is 37.9 Å². The zero-order valence-corrected chi connectivity index (χ0v) is 10.6. The fraction of sp³-hybridized carbons (Fsp3) is 0.545. The third kappa shape index (κ3) is 3.24. The molecule has 0 aromatic carbocycles. The van der Waals surface area contributed by atoms with Crippen molar-refractivity contribution in [1.29, 1.82) is 0 Å². The Hall–Kier alpha value is -0.980. The number of primary sulfonamides is 1. The van der Waals surface area contributed by atoms with Crippen LogP contribution in [-0.4, -0.2) is 26.5 Å². The minimum Gasteiger partial charge on any atom is -0.316 e. The van der Waals surface area contributed by atoms with Crippen LogP contribution in [0.25, 0.3) is 0 Å². The number of likely N-dealkylation sites (N-methyl/N-ethyl adjacent to an activating group) is 1. The molecule has 0 aliphatic heterocycles. The average molecular weight is 255 g/mol. The molecule has 2 rings (SSSR count). The van der Waals surface area contributed by atoms with Crippen LogP contribution >= 0.6 is 0 Å². The van der Waals surface area contributed by atoms with Gasteiger partial charge in [0.1, 0.15) is 4.90 Å². The second-order valence-electron chi connectivity index (χ2n) is 4.47. The number of hydrogen-bond acceptors (Lipinski definition) is 4. The van der Waals surface area contributed by atoms with Crippen molar-refractivity contribution in [2.45, 2.75) is 30.2 Å². The molecule has 5 nitrogen and oxygen atoms in total. The normalized spacial score (nSPS) is 18.0. The lowest BCUT2D eigenvalue weighted by Gasteiger charge is -2.14. The fourth-order valence-electron chi connectivity index (χ4n) is 1.93. The van der Waals surface area contributed by atoms with Crippen LogP contribution in [0.5, 0.6) is 0 Å². The van der Waals surface area contributed by atoms with E-state index in [9.17, 15) is 8.42 Å². The predicted octanol–water partition coefficient (Wildman–Crippen LogP) is 0.269. The van der Waals surface area contributed by atoms with E-state index < -0.39 is 10.0 Å². The lowest BCUT2D eigenvalue weighted by Crippen LogP contribution is -2.30. The molecule has 3 N–H and O–H groups in total. The van der Waals surface area contributed by atoms with E-state index in [2.05, 4.69) is 10.3 Å². The van der Waals surface area contributed by atoms with Crippen molar-refractivity contribution >= 4 is 10.0 Å². The highest BCUT2D eigenvalue weighted by Crippen LogP contribution is 2.33. The third-order valence-electron chi connectivity index (χ3n) is 3.12. The second-order valence-corrected chi connectivity index (χ2v) is 6.03. The summed E-state index contributed by atoms with van der Waals surface area (Å²) in [5, 5.41) is 8.29. The molecular weight excluding hydrogens is 238 g/mol. The topological polar surface area (TPSA) is 85.1 Å². The summed E-state index contributed by atoms with van der Waals surface area (Å²) in [5.74, 6) is 0.736. The van der Waals surface area contributed by atoms with Gasteiger partial charge in [-0.2, -0.15) is 0 Å². The molecule has 1 unspecified atom stereocenters. The molecule has 1 fully saturated rings. The number of nitrogens with two attached hydrogens (primary N) is 1. The molecule has 94 valence electrons. The van der Waals surface area contributed by atoms with Crippen LogP contribution in [-0.2, 0) is 16.4 Å². The lowest BCUT2D eigenvalue weighted by atomic mass is 10.1. The summed E-state index contributed by atoms with van der Waals surface area (Å²) in [6, 6.07) is 3.67. The van der Waals surface area contributed by atoms with Crippen LogP contribution in [0.1, 0.15) is 18.5 Å². The van der Waals surface area contributed by atoms with E-state index in [-0.39, 0.29) is 4.90 Å². The SMILES string of the molecule is CNC(Cc1ccc(S(N)(=O)=O)cn1)C1CC1. The minimum atomic E-state index is -3.64. The zero-order chi connectivity index (χ0) is 12.5. The molecule has 6 heteroatoms. The molecule has 1 saturated carbocycles. The summed E-state index contributed by atoms with van der Waals surface area (Å²) in [6.45, 7) is 0. The second kappa shape index (κ2) is 4.72. The minimum absolute atomic E-state index is 0.0636. The Kier molecular flexibility index (Phi) is 3.46. The van der Waals surface area contributed by atoms with E-state index in [0.29, 0.717) is 6.04 Å². The molecule has 1 aliphatic carbocycles. The van der Waals surface area contributed by atoms with Crippen molar-refractivity contribution in [3.05, 3.63) is 24.0 Å². The van der Waals surface area contributed by atoms with Gasteiger partial charge in [0.05, 0.1) is 0 Å². The van der Waals surface area contributed by atoms with Gasteiger partial charge in [0.15, 0.2) is 0 Å². The first kappa shape index (κ1) is 12.5. The maximum atomic E-state index is 11.1. The Labute approximate surface area is 101 Å². The Balaban J connectivity index is 2.07. The van der Waals surface area contributed by atoms with Crippen LogP contribution in [0.3, 0.4) is 0 Å². The van der Waals surface area contributed by atoms with Gasteiger partial charge in [-0.25, -0.2) is 13.6 Å². The number of rotatable bonds is 5. The van der Waals surface area contributed by atoms with E-state index in [0.717, 1.165) is 18.0 Å². The highest BCUT2D eigenvalue weighted by atomic mass is 32.2. The first-order chi connectivity index (χ1) is 8.00.